The van der Waals surface area contributed by atoms with Crippen LogP contribution in [-0.2, 0) is 21.1 Å². The molecule has 2 aromatic rings. The van der Waals surface area contributed by atoms with Gasteiger partial charge in [-0.3, -0.25) is 4.79 Å². The van der Waals surface area contributed by atoms with Crippen molar-refractivity contribution in [1.29, 1.82) is 0 Å². The second kappa shape index (κ2) is 8.23. The van der Waals surface area contributed by atoms with Crippen LogP contribution in [0.2, 0.25) is 10.0 Å². The molecule has 2 fully saturated rings. The molecule has 152 valence electrons. The standard InChI is InChI=1S/C19H15BrCl2N2O3S2/c20-12-5-6-15(14(22)8-12)24-16-9-29(26,27)10-17(16)28-19(24)23-18(25)7-11-3-1-2-4-13(11)21/h1-6,8,16-17H,7,9-10H2/t16-,17+/m1/s1. The Balaban J connectivity index is 1.68. The van der Waals surface area contributed by atoms with Crippen molar-refractivity contribution in [2.24, 2.45) is 4.99 Å². The molecule has 0 aromatic heterocycles. The molecule has 2 atom stereocenters. The van der Waals surface area contributed by atoms with Crippen LogP contribution in [-0.4, -0.2) is 42.3 Å². The van der Waals surface area contributed by atoms with E-state index >= 15 is 0 Å². The number of carbonyl (C=O) groups is 1. The fourth-order valence-corrected chi connectivity index (χ4v) is 8.36. The summed E-state index contributed by atoms with van der Waals surface area (Å²) in [5.74, 6) is -0.277. The minimum Gasteiger partial charge on any atom is -0.314 e. The van der Waals surface area contributed by atoms with Crippen LogP contribution in [0.4, 0.5) is 5.69 Å². The van der Waals surface area contributed by atoms with Crippen molar-refractivity contribution in [2.45, 2.75) is 17.7 Å². The number of thioether (sulfide) groups is 1. The molecule has 0 bridgehead atoms. The molecule has 4 rings (SSSR count). The third kappa shape index (κ3) is 4.51. The van der Waals surface area contributed by atoms with E-state index in [1.54, 1.807) is 35.2 Å². The molecule has 0 spiro atoms. The second-order valence-electron chi connectivity index (χ2n) is 6.82. The van der Waals surface area contributed by atoms with Gasteiger partial charge in [-0.15, -0.1) is 0 Å². The van der Waals surface area contributed by atoms with Crippen molar-refractivity contribution in [3.63, 3.8) is 0 Å². The molecule has 0 N–H and O–H groups in total. The average Bonchev–Trinajstić information content (AvgIpc) is 3.08. The number of aliphatic imine (C=N–C) groups is 1. The van der Waals surface area contributed by atoms with Crippen LogP contribution in [0.3, 0.4) is 0 Å². The first-order valence-electron chi connectivity index (χ1n) is 8.70. The predicted octanol–water partition coefficient (Wildman–Crippen LogP) is 4.60. The lowest BCUT2D eigenvalue weighted by Gasteiger charge is -2.25. The molecule has 0 aliphatic carbocycles. The molecule has 2 heterocycles. The van der Waals surface area contributed by atoms with E-state index < -0.39 is 9.84 Å². The van der Waals surface area contributed by atoms with Crippen LogP contribution < -0.4 is 4.90 Å². The summed E-state index contributed by atoms with van der Waals surface area (Å²) in [6.07, 6.45) is 0.0687. The molecule has 29 heavy (non-hydrogen) atoms. The Labute approximate surface area is 191 Å². The Morgan fingerprint density at radius 3 is 2.66 bits per heavy atom. The molecular weight excluding hydrogens is 519 g/mol. The van der Waals surface area contributed by atoms with Gasteiger partial charge in [-0.05, 0) is 29.8 Å². The van der Waals surface area contributed by atoms with Crippen molar-refractivity contribution in [1.82, 2.24) is 0 Å². The summed E-state index contributed by atoms with van der Waals surface area (Å²) in [6.45, 7) is 0. The molecule has 2 aromatic carbocycles. The van der Waals surface area contributed by atoms with E-state index in [9.17, 15) is 13.2 Å². The first-order chi connectivity index (χ1) is 13.7. The summed E-state index contributed by atoms with van der Waals surface area (Å²) in [6, 6.07) is 12.2. The number of hydrogen-bond donors (Lipinski definition) is 0. The lowest BCUT2D eigenvalue weighted by Crippen LogP contribution is -2.38. The van der Waals surface area contributed by atoms with Crippen LogP contribution in [0.1, 0.15) is 5.56 Å². The molecule has 0 saturated carbocycles. The van der Waals surface area contributed by atoms with E-state index in [4.69, 9.17) is 23.2 Å². The summed E-state index contributed by atoms with van der Waals surface area (Å²) in [4.78, 5) is 18.7. The number of halogens is 3. The van der Waals surface area contributed by atoms with Gasteiger partial charge < -0.3 is 4.90 Å². The molecular formula is C19H15BrCl2N2O3S2. The Kier molecular flexibility index (Phi) is 6.01. The van der Waals surface area contributed by atoms with Gasteiger partial charge >= 0.3 is 0 Å². The predicted molar refractivity (Wildman–Crippen MR) is 123 cm³/mol. The number of fused-ring (bicyclic) bond motifs is 1. The SMILES string of the molecule is O=C(Cc1ccccc1Cl)N=C1S[C@H]2CS(=O)(=O)C[C@H]2N1c1ccc(Br)cc1Cl. The third-order valence-corrected chi connectivity index (χ3v) is 9.13. The van der Waals surface area contributed by atoms with E-state index in [1.165, 1.54) is 11.8 Å². The number of amides is 1. The third-order valence-electron chi connectivity index (χ3n) is 4.76. The summed E-state index contributed by atoms with van der Waals surface area (Å²) in [5, 5.41) is 1.25. The Bertz CT molecular complexity index is 1120. The van der Waals surface area contributed by atoms with Gasteiger partial charge in [0.05, 0.1) is 34.7 Å². The zero-order chi connectivity index (χ0) is 20.8. The van der Waals surface area contributed by atoms with Crippen molar-refractivity contribution >= 4 is 77.5 Å². The molecule has 2 saturated heterocycles. The van der Waals surface area contributed by atoms with Crippen LogP contribution >= 0.6 is 50.9 Å². The molecule has 2 aliphatic rings. The highest BCUT2D eigenvalue weighted by Crippen LogP contribution is 2.43. The fraction of sp³-hybridized carbons (Fsp3) is 0.263. The maximum Gasteiger partial charge on any atom is 0.252 e. The van der Waals surface area contributed by atoms with Crippen LogP contribution in [0, 0.1) is 0 Å². The van der Waals surface area contributed by atoms with E-state index in [1.807, 2.05) is 12.1 Å². The normalized spacial score (nSPS) is 24.1. The smallest absolute Gasteiger partial charge is 0.252 e. The Morgan fingerprint density at radius 1 is 1.17 bits per heavy atom. The van der Waals surface area contributed by atoms with Crippen LogP contribution in [0.25, 0.3) is 0 Å². The van der Waals surface area contributed by atoms with Gasteiger partial charge in [0, 0.05) is 14.7 Å². The minimum atomic E-state index is -3.15. The highest BCUT2D eigenvalue weighted by Gasteiger charge is 2.49. The Hall–Kier alpha value is -1.06. The number of sulfone groups is 1. The lowest BCUT2D eigenvalue weighted by atomic mass is 10.1. The Morgan fingerprint density at radius 2 is 1.93 bits per heavy atom. The molecule has 2 aliphatic heterocycles. The highest BCUT2D eigenvalue weighted by atomic mass is 79.9. The maximum atomic E-state index is 12.6. The fourth-order valence-electron chi connectivity index (χ4n) is 3.47. The molecule has 1 amide bonds. The summed E-state index contributed by atoms with van der Waals surface area (Å²) < 4.78 is 25.1. The number of carbonyl (C=O) groups excluding carboxylic acids is 1. The molecule has 0 radical (unpaired) electrons. The van der Waals surface area contributed by atoms with Crippen molar-refractivity contribution in [3.05, 3.63) is 62.5 Å². The number of nitrogens with zero attached hydrogens (tertiary/aromatic N) is 2. The van der Waals surface area contributed by atoms with Gasteiger partial charge in [0.25, 0.3) is 5.91 Å². The van der Waals surface area contributed by atoms with E-state index in [2.05, 4.69) is 20.9 Å². The average molecular weight is 534 g/mol. The van der Waals surface area contributed by atoms with Gasteiger partial charge in [0.2, 0.25) is 0 Å². The van der Waals surface area contributed by atoms with Crippen LogP contribution in [0.15, 0.2) is 51.9 Å². The van der Waals surface area contributed by atoms with Gasteiger partial charge in [-0.1, -0.05) is 69.1 Å². The number of amidine groups is 1. The van der Waals surface area contributed by atoms with Gasteiger partial charge in [-0.25, -0.2) is 8.42 Å². The minimum absolute atomic E-state index is 0.00871. The largest absolute Gasteiger partial charge is 0.314 e. The van der Waals surface area contributed by atoms with Crippen molar-refractivity contribution < 1.29 is 13.2 Å². The number of rotatable bonds is 3. The van der Waals surface area contributed by atoms with Crippen molar-refractivity contribution in [2.75, 3.05) is 16.4 Å². The highest BCUT2D eigenvalue weighted by molar-refractivity contribution is 9.10. The van der Waals surface area contributed by atoms with E-state index in [0.29, 0.717) is 26.5 Å². The summed E-state index contributed by atoms with van der Waals surface area (Å²) in [5.41, 5.74) is 1.33. The quantitative estimate of drug-likeness (QED) is 0.576. The van der Waals surface area contributed by atoms with Crippen LogP contribution in [0.5, 0.6) is 0 Å². The lowest BCUT2D eigenvalue weighted by molar-refractivity contribution is -0.117. The first kappa shape index (κ1) is 21.2. The zero-order valence-electron chi connectivity index (χ0n) is 14.9. The topological polar surface area (TPSA) is 66.8 Å². The molecule has 5 nitrogen and oxygen atoms in total. The van der Waals surface area contributed by atoms with E-state index in [-0.39, 0.29) is 35.1 Å². The molecule has 10 heteroatoms. The van der Waals surface area contributed by atoms with Crippen molar-refractivity contribution in [3.8, 4) is 0 Å². The van der Waals surface area contributed by atoms with Gasteiger partial charge in [-0.2, -0.15) is 4.99 Å². The number of benzene rings is 2. The van der Waals surface area contributed by atoms with E-state index in [0.717, 1.165) is 4.47 Å². The van der Waals surface area contributed by atoms with Gasteiger partial charge in [0.15, 0.2) is 15.0 Å². The molecule has 0 unspecified atom stereocenters. The first-order valence-corrected chi connectivity index (χ1v) is 12.9. The second-order valence-corrected chi connectivity index (χ2v) is 11.9. The number of hydrogen-bond acceptors (Lipinski definition) is 4. The maximum absolute atomic E-state index is 12.6. The summed E-state index contributed by atoms with van der Waals surface area (Å²) >= 11 is 17.3. The van der Waals surface area contributed by atoms with Gasteiger partial charge in [0.1, 0.15) is 0 Å². The summed E-state index contributed by atoms with van der Waals surface area (Å²) in [7, 11) is -3.15. The number of anilines is 1. The zero-order valence-corrected chi connectivity index (χ0v) is 19.6. The monoisotopic (exact) mass is 532 g/mol.